The molecule has 0 aromatic rings. The van der Waals surface area contributed by atoms with Crippen LogP contribution in [-0.2, 0) is 19.1 Å². The first-order valence-electron chi connectivity index (χ1n) is 7.41. The van der Waals surface area contributed by atoms with Gasteiger partial charge in [-0.25, -0.2) is 9.59 Å². The van der Waals surface area contributed by atoms with E-state index in [2.05, 4.69) is 5.32 Å². The number of ether oxygens (including phenoxy) is 2. The van der Waals surface area contributed by atoms with Crippen LogP contribution in [0.5, 0.6) is 0 Å². The molecule has 5 heteroatoms. The zero-order valence-electron chi connectivity index (χ0n) is 13.5. The van der Waals surface area contributed by atoms with E-state index in [4.69, 9.17) is 9.47 Å². The van der Waals surface area contributed by atoms with Crippen LogP contribution in [0, 0.1) is 5.92 Å². The molecule has 1 aliphatic rings. The quantitative estimate of drug-likeness (QED) is 0.763. The highest BCUT2D eigenvalue weighted by Crippen LogP contribution is 2.33. The van der Waals surface area contributed by atoms with Gasteiger partial charge in [0.25, 0.3) is 0 Å². The predicted molar refractivity (Wildman–Crippen MR) is 80.2 cm³/mol. The fourth-order valence-electron chi connectivity index (χ4n) is 2.70. The van der Waals surface area contributed by atoms with Crippen LogP contribution in [0.25, 0.3) is 0 Å². The molecule has 0 aromatic heterocycles. The standard InChI is InChI=1S/C16H25NO4/c1-6-8-11-13(15(18)20-4)10(3)14(16(19)21-5)12(17-11)9-7-2/h10,17H,6-9H2,1-5H3. The molecule has 0 fully saturated rings. The topological polar surface area (TPSA) is 64.6 Å². The first-order chi connectivity index (χ1) is 10.0. The lowest BCUT2D eigenvalue weighted by molar-refractivity contribution is -0.137. The Balaban J connectivity index is 3.32. The van der Waals surface area contributed by atoms with E-state index in [1.165, 1.54) is 14.2 Å². The van der Waals surface area contributed by atoms with Crippen LogP contribution in [0.2, 0.25) is 0 Å². The number of rotatable bonds is 6. The zero-order chi connectivity index (χ0) is 16.0. The first kappa shape index (κ1) is 17.3. The maximum Gasteiger partial charge on any atom is 0.336 e. The lowest BCUT2D eigenvalue weighted by Gasteiger charge is -2.30. The first-order valence-corrected chi connectivity index (χ1v) is 7.41. The molecule has 1 N–H and O–H groups in total. The minimum absolute atomic E-state index is 0.325. The van der Waals surface area contributed by atoms with Crippen molar-refractivity contribution in [3.05, 3.63) is 22.5 Å². The zero-order valence-corrected chi connectivity index (χ0v) is 13.5. The molecule has 0 saturated carbocycles. The lowest BCUT2D eigenvalue weighted by atomic mass is 9.84. The van der Waals surface area contributed by atoms with Gasteiger partial charge >= 0.3 is 11.9 Å². The van der Waals surface area contributed by atoms with Crippen LogP contribution in [0.15, 0.2) is 22.5 Å². The number of carbonyl (C=O) groups excluding carboxylic acids is 2. The van der Waals surface area contributed by atoms with Crippen molar-refractivity contribution >= 4 is 11.9 Å². The SMILES string of the molecule is CCCC1=C(C(=O)OC)C(C)C(C(=O)OC)=C(CCC)N1. The predicted octanol–water partition coefficient (Wildman–Crippen LogP) is 2.68. The fourth-order valence-corrected chi connectivity index (χ4v) is 2.70. The third kappa shape index (κ3) is 3.65. The van der Waals surface area contributed by atoms with Crippen LogP contribution in [0.4, 0.5) is 0 Å². The number of dihydropyridines is 1. The summed E-state index contributed by atoms with van der Waals surface area (Å²) in [5, 5.41) is 3.27. The van der Waals surface area contributed by atoms with Gasteiger partial charge in [-0.15, -0.1) is 0 Å². The Morgan fingerprint density at radius 3 is 1.62 bits per heavy atom. The molecule has 0 spiro atoms. The molecule has 0 radical (unpaired) electrons. The minimum Gasteiger partial charge on any atom is -0.466 e. The van der Waals surface area contributed by atoms with Gasteiger partial charge in [0.1, 0.15) is 0 Å². The molecular formula is C16H25NO4. The van der Waals surface area contributed by atoms with Crippen molar-refractivity contribution in [2.45, 2.75) is 46.5 Å². The van der Waals surface area contributed by atoms with E-state index >= 15 is 0 Å². The number of allylic oxidation sites excluding steroid dienone is 2. The smallest absolute Gasteiger partial charge is 0.336 e. The summed E-state index contributed by atoms with van der Waals surface area (Å²) < 4.78 is 9.76. The van der Waals surface area contributed by atoms with Crippen molar-refractivity contribution in [2.24, 2.45) is 5.92 Å². The second-order valence-corrected chi connectivity index (χ2v) is 5.11. The van der Waals surface area contributed by atoms with Crippen molar-refractivity contribution in [3.8, 4) is 0 Å². The average Bonchev–Trinajstić information content (AvgIpc) is 2.46. The second kappa shape index (κ2) is 7.86. The van der Waals surface area contributed by atoms with E-state index in [1.807, 2.05) is 20.8 Å². The number of esters is 2. The molecule has 0 saturated heterocycles. The number of methoxy groups -OCH3 is 2. The Morgan fingerprint density at radius 2 is 1.33 bits per heavy atom. The Kier molecular flexibility index (Phi) is 6.46. The molecule has 0 aromatic carbocycles. The molecule has 0 aliphatic carbocycles. The molecule has 0 atom stereocenters. The van der Waals surface area contributed by atoms with Crippen molar-refractivity contribution < 1.29 is 19.1 Å². The van der Waals surface area contributed by atoms with Crippen LogP contribution in [-0.4, -0.2) is 26.2 Å². The van der Waals surface area contributed by atoms with E-state index in [1.54, 1.807) is 0 Å². The Morgan fingerprint density at radius 1 is 0.952 bits per heavy atom. The summed E-state index contributed by atoms with van der Waals surface area (Å²) in [6, 6.07) is 0. The van der Waals surface area contributed by atoms with Gasteiger partial charge in [0.15, 0.2) is 0 Å². The highest BCUT2D eigenvalue weighted by atomic mass is 16.5. The molecule has 5 nitrogen and oxygen atoms in total. The molecule has 0 unspecified atom stereocenters. The maximum atomic E-state index is 12.1. The Labute approximate surface area is 126 Å². The van der Waals surface area contributed by atoms with Gasteiger partial charge in [-0.2, -0.15) is 0 Å². The normalized spacial score (nSPS) is 15.9. The molecule has 1 heterocycles. The van der Waals surface area contributed by atoms with Gasteiger partial charge in [-0.3, -0.25) is 0 Å². The van der Waals surface area contributed by atoms with Gasteiger partial charge in [-0.1, -0.05) is 33.6 Å². The van der Waals surface area contributed by atoms with Crippen LogP contribution >= 0.6 is 0 Å². The summed E-state index contributed by atoms with van der Waals surface area (Å²) in [4.78, 5) is 24.2. The summed E-state index contributed by atoms with van der Waals surface area (Å²) in [6.45, 7) is 5.95. The van der Waals surface area contributed by atoms with Crippen LogP contribution in [0.3, 0.4) is 0 Å². The summed E-state index contributed by atoms with van der Waals surface area (Å²) in [5.74, 6) is -1.11. The molecule has 0 bridgehead atoms. The third-order valence-electron chi connectivity index (χ3n) is 3.63. The van der Waals surface area contributed by atoms with Crippen molar-refractivity contribution in [3.63, 3.8) is 0 Å². The Hall–Kier alpha value is -1.78. The third-order valence-corrected chi connectivity index (χ3v) is 3.63. The van der Waals surface area contributed by atoms with E-state index in [0.29, 0.717) is 11.1 Å². The second-order valence-electron chi connectivity index (χ2n) is 5.11. The maximum absolute atomic E-state index is 12.1. The van der Waals surface area contributed by atoms with Crippen LogP contribution in [0.1, 0.15) is 46.5 Å². The lowest BCUT2D eigenvalue weighted by Crippen LogP contribution is -2.33. The molecule has 118 valence electrons. The number of nitrogens with one attached hydrogen (secondary N) is 1. The Bertz CT molecular complexity index is 435. The largest absolute Gasteiger partial charge is 0.466 e. The van der Waals surface area contributed by atoms with Crippen LogP contribution < -0.4 is 5.32 Å². The molecule has 0 amide bonds. The van der Waals surface area contributed by atoms with Crippen molar-refractivity contribution in [1.29, 1.82) is 0 Å². The highest BCUT2D eigenvalue weighted by molar-refractivity contribution is 5.97. The van der Waals surface area contributed by atoms with Crippen molar-refractivity contribution in [1.82, 2.24) is 5.32 Å². The van der Waals surface area contributed by atoms with E-state index in [-0.39, 0.29) is 5.92 Å². The molecular weight excluding hydrogens is 270 g/mol. The van der Waals surface area contributed by atoms with Gasteiger partial charge in [0, 0.05) is 17.3 Å². The van der Waals surface area contributed by atoms with Gasteiger partial charge < -0.3 is 14.8 Å². The number of carbonyl (C=O) groups is 2. The van der Waals surface area contributed by atoms with E-state index in [9.17, 15) is 9.59 Å². The van der Waals surface area contributed by atoms with Gasteiger partial charge in [-0.05, 0) is 12.8 Å². The van der Waals surface area contributed by atoms with Gasteiger partial charge in [0.2, 0.25) is 0 Å². The van der Waals surface area contributed by atoms with E-state index < -0.39 is 11.9 Å². The average molecular weight is 295 g/mol. The van der Waals surface area contributed by atoms with Crippen molar-refractivity contribution in [2.75, 3.05) is 14.2 Å². The summed E-state index contributed by atoms with van der Waals surface area (Å²) in [7, 11) is 2.71. The molecule has 21 heavy (non-hydrogen) atoms. The highest BCUT2D eigenvalue weighted by Gasteiger charge is 2.35. The molecule has 1 rings (SSSR count). The molecule has 1 aliphatic heterocycles. The number of hydrogen-bond acceptors (Lipinski definition) is 5. The van der Waals surface area contributed by atoms with Gasteiger partial charge in [0.05, 0.1) is 25.4 Å². The van der Waals surface area contributed by atoms with E-state index in [0.717, 1.165) is 37.1 Å². The minimum atomic E-state index is -0.393. The number of hydrogen-bond donors (Lipinski definition) is 1. The monoisotopic (exact) mass is 295 g/mol. The summed E-state index contributed by atoms with van der Waals surface area (Å²) in [5.41, 5.74) is 2.76. The summed E-state index contributed by atoms with van der Waals surface area (Å²) >= 11 is 0. The fraction of sp³-hybridized carbons (Fsp3) is 0.625. The summed E-state index contributed by atoms with van der Waals surface area (Å²) in [6.07, 6.45) is 3.30.